The summed E-state index contributed by atoms with van der Waals surface area (Å²) in [5.74, 6) is -0.691. The van der Waals surface area contributed by atoms with Gasteiger partial charge in [0.2, 0.25) is 0 Å². The molecular formula is C14H17N5O3. The van der Waals surface area contributed by atoms with Crippen LogP contribution in [-0.4, -0.2) is 54.7 Å². The maximum absolute atomic E-state index is 12.4. The summed E-state index contributed by atoms with van der Waals surface area (Å²) in [6.07, 6.45) is 4.30. The van der Waals surface area contributed by atoms with Crippen LogP contribution in [0.2, 0.25) is 0 Å². The molecule has 0 aliphatic carbocycles. The second-order valence-corrected chi connectivity index (χ2v) is 5.22. The predicted molar refractivity (Wildman–Crippen MR) is 77.5 cm³/mol. The zero-order valence-electron chi connectivity index (χ0n) is 12.4. The highest BCUT2D eigenvalue weighted by molar-refractivity contribution is 5.95. The van der Waals surface area contributed by atoms with Crippen molar-refractivity contribution in [2.45, 2.75) is 13.8 Å². The molecule has 0 atom stereocenters. The number of aliphatic carboxylic acids is 1. The third kappa shape index (κ3) is 3.87. The van der Waals surface area contributed by atoms with E-state index < -0.39 is 5.97 Å². The second-order valence-electron chi connectivity index (χ2n) is 5.22. The molecule has 0 saturated carbocycles. The number of carboxylic acids is 1. The number of hydrogen-bond acceptors (Lipinski definition) is 5. The van der Waals surface area contributed by atoms with E-state index in [1.54, 1.807) is 12.1 Å². The average molecular weight is 303 g/mol. The van der Waals surface area contributed by atoms with Crippen LogP contribution in [0.5, 0.6) is 0 Å². The van der Waals surface area contributed by atoms with Gasteiger partial charge in [0, 0.05) is 12.7 Å². The SMILES string of the molecule is CC(C)CN(CC(=O)O)C(=O)c1ccc(-n2cncn2)nc1. The van der Waals surface area contributed by atoms with E-state index in [1.165, 1.54) is 28.4 Å². The highest BCUT2D eigenvalue weighted by Gasteiger charge is 2.20. The largest absolute Gasteiger partial charge is 0.480 e. The molecule has 8 nitrogen and oxygen atoms in total. The van der Waals surface area contributed by atoms with E-state index in [9.17, 15) is 9.59 Å². The van der Waals surface area contributed by atoms with Crippen molar-refractivity contribution >= 4 is 11.9 Å². The molecule has 0 bridgehead atoms. The van der Waals surface area contributed by atoms with Gasteiger partial charge < -0.3 is 10.0 Å². The lowest BCUT2D eigenvalue weighted by Gasteiger charge is -2.22. The van der Waals surface area contributed by atoms with Crippen LogP contribution in [0.3, 0.4) is 0 Å². The fourth-order valence-corrected chi connectivity index (χ4v) is 1.98. The van der Waals surface area contributed by atoms with E-state index in [-0.39, 0.29) is 18.4 Å². The summed E-state index contributed by atoms with van der Waals surface area (Å²) >= 11 is 0. The van der Waals surface area contributed by atoms with Crippen LogP contribution in [-0.2, 0) is 4.79 Å². The molecule has 1 N–H and O–H groups in total. The van der Waals surface area contributed by atoms with Crippen molar-refractivity contribution in [2.24, 2.45) is 5.92 Å². The highest BCUT2D eigenvalue weighted by atomic mass is 16.4. The molecule has 0 aliphatic heterocycles. The minimum atomic E-state index is -1.04. The Bertz CT molecular complexity index is 637. The van der Waals surface area contributed by atoms with Crippen molar-refractivity contribution in [1.82, 2.24) is 24.6 Å². The number of nitrogens with zero attached hydrogens (tertiary/aromatic N) is 5. The normalized spacial score (nSPS) is 10.7. The summed E-state index contributed by atoms with van der Waals surface area (Å²) in [4.78, 5) is 32.6. The number of rotatable bonds is 6. The van der Waals surface area contributed by atoms with Gasteiger partial charge in [-0.3, -0.25) is 9.59 Å². The quantitative estimate of drug-likeness (QED) is 0.848. The minimum Gasteiger partial charge on any atom is -0.480 e. The maximum Gasteiger partial charge on any atom is 0.323 e. The third-order valence-electron chi connectivity index (χ3n) is 2.85. The van der Waals surface area contributed by atoms with E-state index in [0.29, 0.717) is 17.9 Å². The van der Waals surface area contributed by atoms with E-state index in [1.807, 2.05) is 13.8 Å². The number of carboxylic acid groups (broad SMARTS) is 1. The molecular weight excluding hydrogens is 286 g/mol. The monoisotopic (exact) mass is 303 g/mol. The Kier molecular flexibility index (Phi) is 4.82. The van der Waals surface area contributed by atoms with Gasteiger partial charge in [-0.1, -0.05) is 13.8 Å². The van der Waals surface area contributed by atoms with Gasteiger partial charge in [-0.05, 0) is 18.1 Å². The Labute approximate surface area is 127 Å². The smallest absolute Gasteiger partial charge is 0.323 e. The molecule has 22 heavy (non-hydrogen) atoms. The van der Waals surface area contributed by atoms with Crippen LogP contribution in [0.4, 0.5) is 0 Å². The van der Waals surface area contributed by atoms with Crippen molar-refractivity contribution in [3.63, 3.8) is 0 Å². The predicted octanol–water partition coefficient (Wildman–Crippen LogP) is 0.845. The van der Waals surface area contributed by atoms with Crippen molar-refractivity contribution in [3.8, 4) is 5.82 Å². The van der Waals surface area contributed by atoms with Crippen LogP contribution < -0.4 is 0 Å². The second kappa shape index (κ2) is 6.79. The zero-order chi connectivity index (χ0) is 16.1. The maximum atomic E-state index is 12.4. The fourth-order valence-electron chi connectivity index (χ4n) is 1.98. The van der Waals surface area contributed by atoms with Gasteiger partial charge >= 0.3 is 5.97 Å². The first-order valence-electron chi connectivity index (χ1n) is 6.79. The molecule has 2 aromatic heterocycles. The number of aromatic nitrogens is 4. The fraction of sp³-hybridized carbons (Fsp3) is 0.357. The molecule has 0 radical (unpaired) electrons. The summed E-state index contributed by atoms with van der Waals surface area (Å²) in [6.45, 7) is 3.89. The molecule has 1 amide bonds. The minimum absolute atomic E-state index is 0.172. The van der Waals surface area contributed by atoms with Gasteiger partial charge in [0.05, 0.1) is 5.56 Å². The number of amides is 1. The Hall–Kier alpha value is -2.77. The first kappa shape index (κ1) is 15.6. The summed E-state index contributed by atoms with van der Waals surface area (Å²) < 4.78 is 1.47. The topological polar surface area (TPSA) is 101 Å². The molecule has 0 spiro atoms. The Balaban J connectivity index is 2.17. The summed E-state index contributed by atoms with van der Waals surface area (Å²) in [5, 5.41) is 12.9. The van der Waals surface area contributed by atoms with E-state index >= 15 is 0 Å². The van der Waals surface area contributed by atoms with Crippen LogP contribution >= 0.6 is 0 Å². The van der Waals surface area contributed by atoms with Gasteiger partial charge in [-0.2, -0.15) is 5.10 Å². The molecule has 0 aromatic carbocycles. The lowest BCUT2D eigenvalue weighted by molar-refractivity contribution is -0.137. The van der Waals surface area contributed by atoms with Gasteiger partial charge in [0.25, 0.3) is 5.91 Å². The van der Waals surface area contributed by atoms with Crippen LogP contribution in [0.15, 0.2) is 31.0 Å². The first-order chi connectivity index (χ1) is 10.5. The summed E-state index contributed by atoms with van der Waals surface area (Å²) in [6, 6.07) is 3.23. The van der Waals surface area contributed by atoms with E-state index in [4.69, 9.17) is 5.11 Å². The molecule has 116 valence electrons. The average Bonchev–Trinajstić information content (AvgIpc) is 2.99. The number of carbonyl (C=O) groups excluding carboxylic acids is 1. The molecule has 0 unspecified atom stereocenters. The van der Waals surface area contributed by atoms with Crippen molar-refractivity contribution < 1.29 is 14.7 Å². The number of hydrogen-bond donors (Lipinski definition) is 1. The highest BCUT2D eigenvalue weighted by Crippen LogP contribution is 2.09. The molecule has 2 aromatic rings. The van der Waals surface area contributed by atoms with Crippen molar-refractivity contribution in [2.75, 3.05) is 13.1 Å². The Morgan fingerprint density at radius 2 is 2.14 bits per heavy atom. The molecule has 8 heteroatoms. The van der Waals surface area contributed by atoms with Gasteiger partial charge in [-0.25, -0.2) is 14.6 Å². The third-order valence-corrected chi connectivity index (χ3v) is 2.85. The van der Waals surface area contributed by atoms with Gasteiger partial charge in [0.15, 0.2) is 5.82 Å². The Morgan fingerprint density at radius 1 is 1.36 bits per heavy atom. The lowest BCUT2D eigenvalue weighted by atomic mass is 10.1. The van der Waals surface area contributed by atoms with Gasteiger partial charge in [0.1, 0.15) is 19.2 Å². The molecule has 0 saturated heterocycles. The van der Waals surface area contributed by atoms with E-state index in [2.05, 4.69) is 15.1 Å². The summed E-state index contributed by atoms with van der Waals surface area (Å²) in [5.41, 5.74) is 0.339. The molecule has 0 aliphatic rings. The van der Waals surface area contributed by atoms with E-state index in [0.717, 1.165) is 0 Å². The first-order valence-corrected chi connectivity index (χ1v) is 6.79. The van der Waals surface area contributed by atoms with Crippen molar-refractivity contribution in [1.29, 1.82) is 0 Å². The molecule has 2 rings (SSSR count). The Morgan fingerprint density at radius 3 is 2.64 bits per heavy atom. The number of carbonyl (C=O) groups is 2. The summed E-state index contributed by atoms with van der Waals surface area (Å²) in [7, 11) is 0. The van der Waals surface area contributed by atoms with Crippen LogP contribution in [0.1, 0.15) is 24.2 Å². The zero-order valence-corrected chi connectivity index (χ0v) is 12.4. The molecule has 2 heterocycles. The number of pyridine rings is 1. The van der Waals surface area contributed by atoms with Gasteiger partial charge in [-0.15, -0.1) is 0 Å². The lowest BCUT2D eigenvalue weighted by Crippen LogP contribution is -2.38. The van der Waals surface area contributed by atoms with Crippen LogP contribution in [0.25, 0.3) is 5.82 Å². The van der Waals surface area contributed by atoms with Crippen molar-refractivity contribution in [3.05, 3.63) is 36.5 Å². The van der Waals surface area contributed by atoms with Crippen LogP contribution in [0, 0.1) is 5.92 Å². The molecule has 0 fully saturated rings. The standard InChI is InChI=1S/C14H17N5O3/c1-10(2)6-18(7-13(20)21)14(22)11-3-4-12(16-5-11)19-9-15-8-17-19/h3-5,8-10H,6-7H2,1-2H3,(H,20,21).